The van der Waals surface area contributed by atoms with Gasteiger partial charge in [-0.1, -0.05) is 19.9 Å². The number of nitrogens with zero attached hydrogens (tertiary/aromatic N) is 3. The molecular formula is C16H24N4. The lowest BCUT2D eigenvalue weighted by atomic mass is 10.0. The standard InChI is InChI=1S/C16H24N4/c1-4-8-18-15(14-7-6-9-17-13(14)3)16-19-10-12-20(16)11-5-2/h6-7,9-10,12,15,18H,4-5,8,11H2,1-3H3. The van der Waals surface area contributed by atoms with Crippen LogP contribution >= 0.6 is 0 Å². The zero-order valence-corrected chi connectivity index (χ0v) is 12.6. The Balaban J connectivity index is 2.37. The molecule has 20 heavy (non-hydrogen) atoms. The molecule has 1 atom stereocenters. The molecule has 0 saturated carbocycles. The number of imidazole rings is 1. The first-order chi connectivity index (χ1) is 9.77. The van der Waals surface area contributed by atoms with E-state index >= 15 is 0 Å². The van der Waals surface area contributed by atoms with Gasteiger partial charge in [0.1, 0.15) is 5.82 Å². The quantitative estimate of drug-likeness (QED) is 0.842. The van der Waals surface area contributed by atoms with Gasteiger partial charge in [-0.25, -0.2) is 4.98 Å². The van der Waals surface area contributed by atoms with Gasteiger partial charge in [0.25, 0.3) is 0 Å². The molecule has 2 aromatic heterocycles. The predicted octanol–water partition coefficient (Wildman–Crippen LogP) is 3.09. The van der Waals surface area contributed by atoms with Gasteiger partial charge in [0, 0.05) is 30.8 Å². The van der Waals surface area contributed by atoms with Crippen molar-refractivity contribution < 1.29 is 0 Å². The summed E-state index contributed by atoms with van der Waals surface area (Å²) in [6, 6.07) is 4.25. The summed E-state index contributed by atoms with van der Waals surface area (Å²) in [6.07, 6.45) is 8.00. The summed E-state index contributed by atoms with van der Waals surface area (Å²) in [6.45, 7) is 8.40. The molecule has 0 aliphatic rings. The van der Waals surface area contributed by atoms with E-state index in [1.807, 2.05) is 18.5 Å². The summed E-state index contributed by atoms with van der Waals surface area (Å²) in [7, 11) is 0. The third-order valence-electron chi connectivity index (χ3n) is 3.43. The molecule has 2 rings (SSSR count). The Morgan fingerprint density at radius 3 is 2.75 bits per heavy atom. The van der Waals surface area contributed by atoms with Crippen LogP contribution in [0.4, 0.5) is 0 Å². The SMILES string of the molecule is CCCNC(c1cccnc1C)c1nccn1CCC. The minimum absolute atomic E-state index is 0.116. The maximum atomic E-state index is 4.58. The Bertz CT molecular complexity index is 533. The molecule has 0 aliphatic carbocycles. The van der Waals surface area contributed by atoms with Gasteiger partial charge in [-0.15, -0.1) is 0 Å². The molecule has 0 bridgehead atoms. The van der Waals surface area contributed by atoms with Crippen molar-refractivity contribution in [3.63, 3.8) is 0 Å². The van der Waals surface area contributed by atoms with Crippen LogP contribution in [0, 0.1) is 6.92 Å². The Kier molecular flexibility index (Phi) is 5.30. The van der Waals surface area contributed by atoms with Gasteiger partial charge in [0.15, 0.2) is 0 Å². The first-order valence-corrected chi connectivity index (χ1v) is 7.43. The van der Waals surface area contributed by atoms with E-state index in [4.69, 9.17) is 0 Å². The van der Waals surface area contributed by atoms with E-state index in [0.717, 1.165) is 37.4 Å². The van der Waals surface area contributed by atoms with Gasteiger partial charge in [0.2, 0.25) is 0 Å². The van der Waals surface area contributed by atoms with Gasteiger partial charge < -0.3 is 9.88 Å². The minimum atomic E-state index is 0.116. The van der Waals surface area contributed by atoms with Crippen molar-refractivity contribution in [3.8, 4) is 0 Å². The maximum absolute atomic E-state index is 4.58. The third-order valence-corrected chi connectivity index (χ3v) is 3.43. The number of rotatable bonds is 7. The van der Waals surface area contributed by atoms with Crippen molar-refractivity contribution in [1.82, 2.24) is 19.9 Å². The number of aromatic nitrogens is 3. The van der Waals surface area contributed by atoms with Gasteiger partial charge in [-0.3, -0.25) is 4.98 Å². The molecule has 0 aromatic carbocycles. The summed E-state index contributed by atoms with van der Waals surface area (Å²) in [5, 5.41) is 3.60. The number of aryl methyl sites for hydroxylation is 2. The van der Waals surface area contributed by atoms with Crippen LogP contribution in [0.5, 0.6) is 0 Å². The van der Waals surface area contributed by atoms with Crippen molar-refractivity contribution in [2.75, 3.05) is 6.54 Å². The molecule has 0 aliphatic heterocycles. The van der Waals surface area contributed by atoms with Gasteiger partial charge in [-0.05, 0) is 37.9 Å². The lowest BCUT2D eigenvalue weighted by molar-refractivity contribution is 0.527. The van der Waals surface area contributed by atoms with Crippen molar-refractivity contribution in [1.29, 1.82) is 0 Å². The molecule has 2 heterocycles. The molecule has 0 radical (unpaired) electrons. The van der Waals surface area contributed by atoms with Crippen LogP contribution in [0.3, 0.4) is 0 Å². The lowest BCUT2D eigenvalue weighted by Crippen LogP contribution is -2.27. The van der Waals surface area contributed by atoms with E-state index in [1.165, 1.54) is 5.56 Å². The largest absolute Gasteiger partial charge is 0.333 e. The zero-order chi connectivity index (χ0) is 14.4. The molecule has 0 saturated heterocycles. The first-order valence-electron chi connectivity index (χ1n) is 7.43. The van der Waals surface area contributed by atoms with Crippen LogP contribution in [0.1, 0.15) is 49.8 Å². The van der Waals surface area contributed by atoms with E-state index in [0.29, 0.717) is 0 Å². The van der Waals surface area contributed by atoms with Crippen LogP contribution in [0.2, 0.25) is 0 Å². The molecule has 0 spiro atoms. The highest BCUT2D eigenvalue weighted by Gasteiger charge is 2.20. The summed E-state index contributed by atoms with van der Waals surface area (Å²) < 4.78 is 2.24. The van der Waals surface area contributed by atoms with Crippen LogP contribution < -0.4 is 5.32 Å². The Morgan fingerprint density at radius 1 is 1.20 bits per heavy atom. The van der Waals surface area contributed by atoms with Crippen molar-refractivity contribution in [2.24, 2.45) is 0 Å². The lowest BCUT2D eigenvalue weighted by Gasteiger charge is -2.21. The first kappa shape index (κ1) is 14.7. The molecule has 4 nitrogen and oxygen atoms in total. The molecule has 1 N–H and O–H groups in total. The van der Waals surface area contributed by atoms with E-state index in [-0.39, 0.29) is 6.04 Å². The van der Waals surface area contributed by atoms with Crippen LogP contribution in [-0.4, -0.2) is 21.1 Å². The highest BCUT2D eigenvalue weighted by atomic mass is 15.1. The molecule has 2 aromatic rings. The number of hydrogen-bond donors (Lipinski definition) is 1. The Hall–Kier alpha value is -1.68. The summed E-state index contributed by atoms with van der Waals surface area (Å²) in [5.41, 5.74) is 2.27. The van der Waals surface area contributed by atoms with Crippen molar-refractivity contribution in [2.45, 2.75) is 46.2 Å². The van der Waals surface area contributed by atoms with Gasteiger partial charge >= 0.3 is 0 Å². The van der Waals surface area contributed by atoms with Crippen molar-refractivity contribution in [3.05, 3.63) is 47.8 Å². The number of hydrogen-bond acceptors (Lipinski definition) is 3. The second-order valence-corrected chi connectivity index (χ2v) is 5.04. The van der Waals surface area contributed by atoms with Gasteiger partial charge in [0.05, 0.1) is 6.04 Å². The Morgan fingerprint density at radius 2 is 2.05 bits per heavy atom. The molecule has 4 heteroatoms. The highest BCUT2D eigenvalue weighted by molar-refractivity contribution is 5.28. The van der Waals surface area contributed by atoms with Gasteiger partial charge in [-0.2, -0.15) is 0 Å². The van der Waals surface area contributed by atoms with Crippen LogP contribution in [0.15, 0.2) is 30.7 Å². The second-order valence-electron chi connectivity index (χ2n) is 5.04. The molecule has 0 fully saturated rings. The molecule has 1 unspecified atom stereocenters. The second kappa shape index (κ2) is 7.20. The van der Waals surface area contributed by atoms with E-state index in [1.54, 1.807) is 0 Å². The van der Waals surface area contributed by atoms with E-state index in [2.05, 4.69) is 52.9 Å². The third kappa shape index (κ3) is 3.25. The monoisotopic (exact) mass is 272 g/mol. The number of pyridine rings is 1. The smallest absolute Gasteiger partial charge is 0.130 e. The topological polar surface area (TPSA) is 42.7 Å². The van der Waals surface area contributed by atoms with Crippen LogP contribution in [0.25, 0.3) is 0 Å². The molecule has 108 valence electrons. The normalized spacial score (nSPS) is 12.6. The fourth-order valence-corrected chi connectivity index (χ4v) is 2.44. The fourth-order valence-electron chi connectivity index (χ4n) is 2.44. The maximum Gasteiger partial charge on any atom is 0.130 e. The Labute approximate surface area is 121 Å². The molecule has 0 amide bonds. The van der Waals surface area contributed by atoms with Crippen LogP contribution in [-0.2, 0) is 6.54 Å². The molecular weight excluding hydrogens is 248 g/mol. The van der Waals surface area contributed by atoms with E-state index in [9.17, 15) is 0 Å². The van der Waals surface area contributed by atoms with Crippen molar-refractivity contribution >= 4 is 0 Å². The highest BCUT2D eigenvalue weighted by Crippen LogP contribution is 2.23. The average Bonchev–Trinajstić information content (AvgIpc) is 2.90. The fraction of sp³-hybridized carbons (Fsp3) is 0.500. The summed E-state index contributed by atoms with van der Waals surface area (Å²) >= 11 is 0. The van der Waals surface area contributed by atoms with E-state index < -0.39 is 0 Å². The predicted molar refractivity (Wildman–Crippen MR) is 81.6 cm³/mol. The number of nitrogens with one attached hydrogen (secondary N) is 1. The average molecular weight is 272 g/mol. The summed E-state index contributed by atoms with van der Waals surface area (Å²) in [4.78, 5) is 8.99. The summed E-state index contributed by atoms with van der Waals surface area (Å²) in [5.74, 6) is 1.08. The minimum Gasteiger partial charge on any atom is -0.333 e. The zero-order valence-electron chi connectivity index (χ0n) is 12.6.